The number of alkyl halides is 3. The molecule has 2 aromatic rings. The van der Waals surface area contributed by atoms with Gasteiger partial charge in [-0.3, -0.25) is 0 Å². The highest BCUT2D eigenvalue weighted by Gasteiger charge is 2.32. The largest absolute Gasteiger partial charge is 0.402 e. The minimum atomic E-state index is -4.61. The Morgan fingerprint density at radius 1 is 1.25 bits per heavy atom. The van der Waals surface area contributed by atoms with E-state index in [9.17, 15) is 21.6 Å². The molecule has 4 nitrogen and oxygen atoms in total. The summed E-state index contributed by atoms with van der Waals surface area (Å²) < 4.78 is 62.9. The molecule has 0 atom stereocenters. The Balaban J connectivity index is 2.50. The van der Waals surface area contributed by atoms with Crippen molar-refractivity contribution >= 4 is 31.4 Å². The molecule has 2 rings (SSSR count). The molecule has 0 amide bonds. The number of fused-ring (bicyclic) bond motifs is 1. The Kier molecular flexibility index (Phi) is 4.05. The Labute approximate surface area is 117 Å². The topological polar surface area (TPSA) is 72.2 Å². The van der Waals surface area contributed by atoms with Crippen LogP contribution in [0.15, 0.2) is 29.2 Å². The molecule has 0 aliphatic rings. The van der Waals surface area contributed by atoms with Crippen LogP contribution in [0.4, 0.5) is 13.2 Å². The number of sulfonamides is 1. The first-order valence-electron chi connectivity index (χ1n) is 5.51. The fourth-order valence-electron chi connectivity index (χ4n) is 1.75. The molecule has 1 aromatic carbocycles. The molecule has 110 valence electrons. The molecule has 0 fully saturated rings. The van der Waals surface area contributed by atoms with Crippen LogP contribution in [0.5, 0.6) is 0 Å². The highest BCUT2D eigenvalue weighted by Crippen LogP contribution is 2.34. The molecule has 0 spiro atoms. The predicted octanol–water partition coefficient (Wildman–Crippen LogP) is 2.20. The fraction of sp³-hybridized carbons (Fsp3) is 0.273. The molecule has 0 aliphatic carbocycles. The van der Waals surface area contributed by atoms with Gasteiger partial charge in [-0.25, -0.2) is 13.1 Å². The van der Waals surface area contributed by atoms with Crippen LogP contribution in [0.2, 0.25) is 0 Å². The van der Waals surface area contributed by atoms with E-state index in [2.05, 4.69) is 0 Å². The normalized spacial score (nSPS) is 13.0. The number of rotatable bonds is 4. The summed E-state index contributed by atoms with van der Waals surface area (Å²) in [5, 5.41) is 0.382. The molecule has 0 saturated carbocycles. The predicted molar refractivity (Wildman–Crippen MR) is 71.0 cm³/mol. The molecule has 20 heavy (non-hydrogen) atoms. The molecular weight excluding hydrogens is 313 g/mol. The van der Waals surface area contributed by atoms with Crippen LogP contribution in [0, 0.1) is 0 Å². The lowest BCUT2D eigenvalue weighted by Crippen LogP contribution is -2.34. The second-order valence-electron chi connectivity index (χ2n) is 3.99. The van der Waals surface area contributed by atoms with E-state index in [1.165, 1.54) is 0 Å². The number of nitrogens with two attached hydrogens (primary N) is 1. The van der Waals surface area contributed by atoms with E-state index in [1.807, 2.05) is 0 Å². The molecule has 3 N–H and O–H groups in total. The minimum Gasteiger partial charge on any atom is -0.326 e. The van der Waals surface area contributed by atoms with E-state index in [1.54, 1.807) is 29.0 Å². The van der Waals surface area contributed by atoms with Gasteiger partial charge in [0.25, 0.3) is 0 Å². The zero-order valence-electron chi connectivity index (χ0n) is 10.1. The molecule has 0 radical (unpaired) electrons. The molecule has 0 unspecified atom stereocenters. The standard InChI is InChI=1S/C11H11F3N2O2S2/c12-11(13,14)6-16-20(17,18)10-7-3-1-2-4-8(7)19-9(10)5-15/h1-4,16H,5-6,15H2. The van der Waals surface area contributed by atoms with Crippen molar-refractivity contribution in [1.29, 1.82) is 0 Å². The molecule has 0 aliphatic heterocycles. The summed E-state index contributed by atoms with van der Waals surface area (Å²) in [6.45, 7) is -1.66. The Bertz CT molecular complexity index is 723. The molecule has 0 bridgehead atoms. The van der Waals surface area contributed by atoms with Gasteiger partial charge in [-0.1, -0.05) is 18.2 Å². The van der Waals surface area contributed by atoms with Gasteiger partial charge in [-0.05, 0) is 6.07 Å². The quantitative estimate of drug-likeness (QED) is 0.905. The van der Waals surface area contributed by atoms with Crippen molar-refractivity contribution in [2.24, 2.45) is 5.73 Å². The van der Waals surface area contributed by atoms with Crippen LogP contribution in [-0.4, -0.2) is 21.1 Å². The van der Waals surface area contributed by atoms with Gasteiger partial charge >= 0.3 is 6.18 Å². The first-order valence-corrected chi connectivity index (χ1v) is 7.81. The van der Waals surface area contributed by atoms with Crippen LogP contribution >= 0.6 is 11.3 Å². The zero-order chi connectivity index (χ0) is 15.0. The molecular formula is C11H11F3N2O2S2. The van der Waals surface area contributed by atoms with Gasteiger partial charge < -0.3 is 5.73 Å². The molecule has 0 saturated heterocycles. The van der Waals surface area contributed by atoms with E-state index < -0.39 is 22.7 Å². The lowest BCUT2D eigenvalue weighted by molar-refractivity contribution is -0.121. The number of halogens is 3. The summed E-state index contributed by atoms with van der Waals surface area (Å²) in [6.07, 6.45) is -4.61. The lowest BCUT2D eigenvalue weighted by Gasteiger charge is -2.10. The number of hydrogen-bond donors (Lipinski definition) is 2. The van der Waals surface area contributed by atoms with Crippen LogP contribution in [-0.2, 0) is 16.6 Å². The molecule has 9 heteroatoms. The number of nitrogens with one attached hydrogen (secondary N) is 1. The van der Waals surface area contributed by atoms with Crippen LogP contribution < -0.4 is 10.5 Å². The van der Waals surface area contributed by atoms with Crippen molar-refractivity contribution in [3.63, 3.8) is 0 Å². The third kappa shape index (κ3) is 3.11. The van der Waals surface area contributed by atoms with E-state index in [0.29, 0.717) is 15.0 Å². The summed E-state index contributed by atoms with van der Waals surface area (Å²) in [4.78, 5) is 0.172. The maximum Gasteiger partial charge on any atom is 0.402 e. The Morgan fingerprint density at radius 2 is 1.90 bits per heavy atom. The summed E-state index contributed by atoms with van der Waals surface area (Å²) in [7, 11) is -4.26. The average molecular weight is 324 g/mol. The fourth-order valence-corrected chi connectivity index (χ4v) is 4.60. The first kappa shape index (κ1) is 15.2. The van der Waals surface area contributed by atoms with Gasteiger partial charge in [0.2, 0.25) is 10.0 Å². The van der Waals surface area contributed by atoms with Gasteiger partial charge in [0, 0.05) is 21.5 Å². The van der Waals surface area contributed by atoms with Crippen molar-refractivity contribution < 1.29 is 21.6 Å². The molecule has 1 heterocycles. The smallest absolute Gasteiger partial charge is 0.326 e. The monoisotopic (exact) mass is 324 g/mol. The second kappa shape index (κ2) is 5.32. The van der Waals surface area contributed by atoms with Crippen LogP contribution in [0.3, 0.4) is 0 Å². The van der Waals surface area contributed by atoms with Crippen molar-refractivity contribution in [2.45, 2.75) is 17.6 Å². The summed E-state index contributed by atoms with van der Waals surface area (Å²) in [5.74, 6) is 0. The van der Waals surface area contributed by atoms with Gasteiger partial charge in [0.1, 0.15) is 11.4 Å². The first-order chi connectivity index (χ1) is 9.24. The Hall–Kier alpha value is -1.16. The van der Waals surface area contributed by atoms with E-state index in [4.69, 9.17) is 5.73 Å². The van der Waals surface area contributed by atoms with E-state index in [0.717, 1.165) is 11.3 Å². The van der Waals surface area contributed by atoms with Crippen molar-refractivity contribution in [3.8, 4) is 0 Å². The second-order valence-corrected chi connectivity index (χ2v) is 6.83. The summed E-state index contributed by atoms with van der Waals surface area (Å²) in [6, 6.07) is 6.59. The van der Waals surface area contributed by atoms with Gasteiger partial charge in [-0.2, -0.15) is 13.2 Å². The van der Waals surface area contributed by atoms with Crippen molar-refractivity contribution in [3.05, 3.63) is 29.1 Å². The third-order valence-electron chi connectivity index (χ3n) is 2.53. The van der Waals surface area contributed by atoms with Gasteiger partial charge in [-0.15, -0.1) is 11.3 Å². The maximum absolute atomic E-state index is 12.2. The number of thiophene rings is 1. The van der Waals surface area contributed by atoms with Gasteiger partial charge in [0.15, 0.2) is 0 Å². The Morgan fingerprint density at radius 3 is 2.50 bits per heavy atom. The van der Waals surface area contributed by atoms with Crippen molar-refractivity contribution in [2.75, 3.05) is 6.54 Å². The highest BCUT2D eigenvalue weighted by molar-refractivity contribution is 7.90. The lowest BCUT2D eigenvalue weighted by atomic mass is 10.2. The minimum absolute atomic E-state index is 0.0540. The van der Waals surface area contributed by atoms with E-state index in [-0.39, 0.29) is 11.4 Å². The summed E-state index contributed by atoms with van der Waals surface area (Å²) >= 11 is 1.16. The average Bonchev–Trinajstić information content (AvgIpc) is 2.75. The van der Waals surface area contributed by atoms with Crippen molar-refractivity contribution in [1.82, 2.24) is 4.72 Å². The number of benzene rings is 1. The molecule has 1 aromatic heterocycles. The zero-order valence-corrected chi connectivity index (χ0v) is 11.7. The summed E-state index contributed by atoms with van der Waals surface area (Å²) in [5.41, 5.74) is 5.49. The van der Waals surface area contributed by atoms with Crippen LogP contribution in [0.25, 0.3) is 10.1 Å². The maximum atomic E-state index is 12.2. The van der Waals surface area contributed by atoms with E-state index >= 15 is 0 Å². The third-order valence-corrected chi connectivity index (χ3v) is 5.39. The number of hydrogen-bond acceptors (Lipinski definition) is 4. The van der Waals surface area contributed by atoms with Crippen LogP contribution in [0.1, 0.15) is 4.88 Å². The highest BCUT2D eigenvalue weighted by atomic mass is 32.2. The van der Waals surface area contributed by atoms with Gasteiger partial charge in [0.05, 0.1) is 0 Å². The SMILES string of the molecule is NCc1sc2ccccc2c1S(=O)(=O)NCC(F)(F)F.